The molecule has 0 aliphatic heterocycles. The summed E-state index contributed by atoms with van der Waals surface area (Å²) < 4.78 is 40.1. The lowest BCUT2D eigenvalue weighted by Gasteiger charge is -2.13. The Kier molecular flexibility index (Phi) is 3.62. The Labute approximate surface area is 92.5 Å². The molecule has 0 heterocycles. The summed E-state index contributed by atoms with van der Waals surface area (Å²) in [4.78, 5) is 0. The fraction of sp³-hybridized carbons (Fsp3) is 0.333. The molecule has 0 aliphatic carbocycles. The molecule has 1 aromatic rings. The average molecular weight is 230 g/mol. The van der Waals surface area contributed by atoms with Crippen LogP contribution in [-0.2, 0) is 0 Å². The van der Waals surface area contributed by atoms with E-state index in [0.29, 0.717) is 5.56 Å². The van der Waals surface area contributed by atoms with E-state index >= 15 is 0 Å². The third-order valence-electron chi connectivity index (χ3n) is 2.09. The molecule has 1 rings (SSSR count). The highest BCUT2D eigenvalue weighted by Gasteiger charge is 2.31. The lowest BCUT2D eigenvalue weighted by Crippen LogP contribution is -2.17. The van der Waals surface area contributed by atoms with Crippen LogP contribution in [0.25, 0.3) is 6.08 Å². The minimum atomic E-state index is -4.66. The lowest BCUT2D eigenvalue weighted by molar-refractivity contribution is -0.274. The van der Waals surface area contributed by atoms with E-state index in [4.69, 9.17) is 0 Å². The van der Waals surface area contributed by atoms with E-state index in [9.17, 15) is 13.2 Å². The quantitative estimate of drug-likeness (QED) is 0.750. The number of rotatable bonds is 3. The first-order valence-corrected chi connectivity index (χ1v) is 4.85. The first kappa shape index (κ1) is 12.6. The zero-order valence-electron chi connectivity index (χ0n) is 9.14. The van der Waals surface area contributed by atoms with Gasteiger partial charge in [-0.2, -0.15) is 0 Å². The molecule has 0 bridgehead atoms. The van der Waals surface area contributed by atoms with Crippen molar-refractivity contribution in [3.05, 3.63) is 35.9 Å². The summed E-state index contributed by atoms with van der Waals surface area (Å²) >= 11 is 0. The summed E-state index contributed by atoms with van der Waals surface area (Å²) in [6.07, 6.45) is -3.16. The number of alkyl halides is 3. The minimum Gasteiger partial charge on any atom is -0.406 e. The van der Waals surface area contributed by atoms with Gasteiger partial charge in [-0.25, -0.2) is 0 Å². The molecule has 0 fully saturated rings. The van der Waals surface area contributed by atoms with Gasteiger partial charge in [0.05, 0.1) is 0 Å². The van der Waals surface area contributed by atoms with Gasteiger partial charge in [-0.3, -0.25) is 0 Å². The van der Waals surface area contributed by atoms with E-state index in [1.165, 1.54) is 18.2 Å². The van der Waals surface area contributed by atoms with Crippen molar-refractivity contribution in [3.63, 3.8) is 0 Å². The van der Waals surface area contributed by atoms with E-state index in [1.807, 2.05) is 13.8 Å². The first-order valence-electron chi connectivity index (χ1n) is 4.85. The summed E-state index contributed by atoms with van der Waals surface area (Å²) in [6.45, 7) is 7.34. The molecule has 0 aliphatic rings. The molecule has 0 aromatic heterocycles. The van der Waals surface area contributed by atoms with Gasteiger partial charge in [-0.15, -0.1) is 13.2 Å². The van der Waals surface area contributed by atoms with Gasteiger partial charge < -0.3 is 4.74 Å². The van der Waals surface area contributed by atoms with Crippen LogP contribution in [0.15, 0.2) is 24.8 Å². The predicted octanol–water partition coefficient (Wildman–Crippen LogP) is 4.35. The van der Waals surface area contributed by atoms with Crippen LogP contribution in [0.4, 0.5) is 13.2 Å². The van der Waals surface area contributed by atoms with E-state index in [1.54, 1.807) is 6.07 Å². The van der Waals surface area contributed by atoms with Gasteiger partial charge >= 0.3 is 6.36 Å². The van der Waals surface area contributed by atoms with Crippen molar-refractivity contribution in [1.29, 1.82) is 0 Å². The van der Waals surface area contributed by atoms with Crippen LogP contribution in [0.2, 0.25) is 0 Å². The van der Waals surface area contributed by atoms with Gasteiger partial charge in [0, 0.05) is 0 Å². The molecule has 0 N–H and O–H groups in total. The zero-order chi connectivity index (χ0) is 12.3. The largest absolute Gasteiger partial charge is 0.573 e. The lowest BCUT2D eigenvalue weighted by atomic mass is 10.0. The summed E-state index contributed by atoms with van der Waals surface area (Å²) in [7, 11) is 0. The molecule has 0 saturated carbocycles. The van der Waals surface area contributed by atoms with Gasteiger partial charge in [0.15, 0.2) is 0 Å². The number of halogens is 3. The maximum atomic E-state index is 12.1. The van der Waals surface area contributed by atoms with Crippen molar-refractivity contribution < 1.29 is 17.9 Å². The highest BCUT2D eigenvalue weighted by Crippen LogP contribution is 2.28. The number of benzene rings is 1. The van der Waals surface area contributed by atoms with E-state index in [0.717, 1.165) is 5.56 Å². The fourth-order valence-corrected chi connectivity index (χ4v) is 1.29. The normalized spacial score (nSPS) is 11.6. The molecule has 16 heavy (non-hydrogen) atoms. The second-order valence-electron chi connectivity index (χ2n) is 3.74. The third kappa shape index (κ3) is 3.61. The van der Waals surface area contributed by atoms with Gasteiger partial charge in [0.2, 0.25) is 0 Å². The monoisotopic (exact) mass is 230 g/mol. The van der Waals surface area contributed by atoms with E-state index < -0.39 is 6.36 Å². The van der Waals surface area contributed by atoms with E-state index in [2.05, 4.69) is 11.3 Å². The Bertz CT molecular complexity index is 380. The van der Waals surface area contributed by atoms with Gasteiger partial charge in [0.25, 0.3) is 0 Å². The molecule has 0 unspecified atom stereocenters. The molecule has 88 valence electrons. The van der Waals surface area contributed by atoms with Crippen molar-refractivity contribution in [2.45, 2.75) is 26.1 Å². The molecule has 0 radical (unpaired) electrons. The van der Waals surface area contributed by atoms with Crippen LogP contribution in [0.1, 0.15) is 30.9 Å². The molecule has 1 nitrogen and oxygen atoms in total. The minimum absolute atomic E-state index is 0.135. The summed E-state index contributed by atoms with van der Waals surface area (Å²) in [6, 6.07) is 4.50. The molecule has 0 atom stereocenters. The van der Waals surface area contributed by atoms with Crippen molar-refractivity contribution in [2.24, 2.45) is 0 Å². The van der Waals surface area contributed by atoms with Gasteiger partial charge in [-0.1, -0.05) is 32.6 Å². The van der Waals surface area contributed by atoms with Crippen molar-refractivity contribution >= 4 is 6.08 Å². The van der Waals surface area contributed by atoms with Crippen LogP contribution >= 0.6 is 0 Å². The summed E-state index contributed by atoms with van der Waals surface area (Å²) in [5, 5.41) is 0. The Morgan fingerprint density at radius 3 is 2.31 bits per heavy atom. The van der Waals surface area contributed by atoms with E-state index in [-0.39, 0.29) is 11.7 Å². The molecular weight excluding hydrogens is 217 g/mol. The molecule has 4 heteroatoms. The van der Waals surface area contributed by atoms with Crippen LogP contribution in [-0.4, -0.2) is 6.36 Å². The number of hydrogen-bond acceptors (Lipinski definition) is 1. The van der Waals surface area contributed by atoms with Crippen LogP contribution in [0, 0.1) is 0 Å². The fourth-order valence-electron chi connectivity index (χ4n) is 1.29. The predicted molar refractivity (Wildman–Crippen MR) is 57.3 cm³/mol. The molecule has 0 spiro atoms. The zero-order valence-corrected chi connectivity index (χ0v) is 9.14. The van der Waals surface area contributed by atoms with Gasteiger partial charge in [-0.05, 0) is 29.2 Å². The highest BCUT2D eigenvalue weighted by atomic mass is 19.4. The first-order chi connectivity index (χ1) is 7.31. The second kappa shape index (κ2) is 4.60. The summed E-state index contributed by atoms with van der Waals surface area (Å²) in [5.74, 6) is -0.0657. The molecule has 1 aromatic carbocycles. The number of hydrogen-bond donors (Lipinski definition) is 0. The SMILES string of the molecule is C=Cc1cc(OC(F)(F)F)cc(C(C)C)c1. The molecule has 0 amide bonds. The number of ether oxygens (including phenoxy) is 1. The standard InChI is InChI=1S/C12H13F3O/c1-4-9-5-10(8(2)3)7-11(6-9)16-12(13,14)15/h4-8H,1H2,2-3H3. The third-order valence-corrected chi connectivity index (χ3v) is 2.09. The average Bonchev–Trinajstić information content (AvgIpc) is 2.14. The molecular formula is C12H13F3O. The van der Waals surface area contributed by atoms with Crippen LogP contribution in [0.3, 0.4) is 0 Å². The Morgan fingerprint density at radius 2 is 1.88 bits per heavy atom. The van der Waals surface area contributed by atoms with Crippen molar-refractivity contribution in [1.82, 2.24) is 0 Å². The van der Waals surface area contributed by atoms with Crippen molar-refractivity contribution in [3.8, 4) is 5.75 Å². The summed E-state index contributed by atoms with van der Waals surface area (Å²) in [5.41, 5.74) is 1.40. The topological polar surface area (TPSA) is 9.23 Å². The van der Waals surface area contributed by atoms with Gasteiger partial charge in [0.1, 0.15) is 5.75 Å². The maximum absolute atomic E-state index is 12.1. The van der Waals surface area contributed by atoms with Crippen LogP contribution < -0.4 is 4.74 Å². The highest BCUT2D eigenvalue weighted by molar-refractivity contribution is 5.52. The van der Waals surface area contributed by atoms with Crippen molar-refractivity contribution in [2.75, 3.05) is 0 Å². The maximum Gasteiger partial charge on any atom is 0.573 e. The Balaban J connectivity index is 3.09. The smallest absolute Gasteiger partial charge is 0.406 e. The Hall–Kier alpha value is -1.45. The Morgan fingerprint density at radius 1 is 1.25 bits per heavy atom. The second-order valence-corrected chi connectivity index (χ2v) is 3.74. The molecule has 0 saturated heterocycles. The van der Waals surface area contributed by atoms with Crippen LogP contribution in [0.5, 0.6) is 5.75 Å².